The highest BCUT2D eigenvalue weighted by atomic mass is 19.4. The van der Waals surface area contributed by atoms with Crippen LogP contribution in [0, 0.1) is 0 Å². The predicted molar refractivity (Wildman–Crippen MR) is 98.4 cm³/mol. The normalized spacial score (nSPS) is 15.7. The van der Waals surface area contributed by atoms with Crippen LogP contribution in [0.15, 0.2) is 23.8 Å². The first-order valence-corrected chi connectivity index (χ1v) is 9.70. The molecule has 0 aliphatic rings. The van der Waals surface area contributed by atoms with Gasteiger partial charge in [-0.3, -0.25) is 0 Å². The Morgan fingerprint density at radius 1 is 0.775 bits per heavy atom. The first-order valence-electron chi connectivity index (χ1n) is 9.70. The molecule has 236 valence electrons. The van der Waals surface area contributed by atoms with Gasteiger partial charge < -0.3 is 9.84 Å². The van der Waals surface area contributed by atoms with Gasteiger partial charge in [0.2, 0.25) is 0 Å². The molecule has 0 saturated carbocycles. The Bertz CT molecular complexity index is 924. The summed E-state index contributed by atoms with van der Waals surface area (Å²) in [4.78, 5) is 20.9. The molecule has 2 atom stereocenters. The summed E-state index contributed by atoms with van der Waals surface area (Å²) in [6.07, 6.45) is -18.7. The van der Waals surface area contributed by atoms with Gasteiger partial charge >= 0.3 is 47.7 Å². The zero-order chi connectivity index (χ0) is 32.9. The highest BCUT2D eigenvalue weighted by Crippen LogP contribution is 2.60. The van der Waals surface area contributed by atoms with E-state index in [1.165, 1.54) is 0 Å². The van der Waals surface area contributed by atoms with Gasteiger partial charge in [0.05, 0.1) is 13.0 Å². The quantitative estimate of drug-likeness (QED) is 0.141. The smallest absolute Gasteiger partial charge is 0.460 e. The molecule has 4 nitrogen and oxygen atoms in total. The summed E-state index contributed by atoms with van der Waals surface area (Å²) in [6, 6.07) is 0. The Morgan fingerprint density at radius 2 is 1.18 bits per heavy atom. The molecule has 1 N–H and O–H groups in total. The fourth-order valence-electron chi connectivity index (χ4n) is 1.90. The van der Waals surface area contributed by atoms with Crippen LogP contribution in [-0.4, -0.2) is 78.2 Å². The Balaban J connectivity index is 0. The number of hydrogen-bond donors (Lipinski definition) is 1. The van der Waals surface area contributed by atoms with E-state index in [0.717, 1.165) is 13.8 Å². The molecular formula is C19H17F17O4. The van der Waals surface area contributed by atoms with Crippen LogP contribution >= 0.6 is 0 Å². The van der Waals surface area contributed by atoms with Gasteiger partial charge in [-0.2, -0.15) is 57.1 Å². The number of hydrogen-bond acceptors (Lipinski definition) is 3. The number of carboxylic acid groups (broad SMARTS) is 1. The van der Waals surface area contributed by atoms with Crippen LogP contribution in [0.2, 0.25) is 0 Å². The van der Waals surface area contributed by atoms with Crippen molar-refractivity contribution in [3.05, 3.63) is 23.8 Å². The van der Waals surface area contributed by atoms with Crippen molar-refractivity contribution in [2.45, 2.75) is 74.8 Å². The molecule has 2 unspecified atom stereocenters. The maximum atomic E-state index is 13.3. The van der Waals surface area contributed by atoms with Crippen molar-refractivity contribution in [3.8, 4) is 0 Å². The van der Waals surface area contributed by atoms with E-state index in [0.29, 0.717) is 6.08 Å². The molecular weight excluding hydrogens is 615 g/mol. The molecule has 21 heteroatoms. The van der Waals surface area contributed by atoms with Crippen molar-refractivity contribution in [1.29, 1.82) is 0 Å². The van der Waals surface area contributed by atoms with Gasteiger partial charge in [0.25, 0.3) is 6.43 Å². The fraction of sp³-hybridized carbons (Fsp3) is 0.684. The van der Waals surface area contributed by atoms with Gasteiger partial charge in [0.1, 0.15) is 0 Å². The zero-order valence-corrected chi connectivity index (χ0v) is 19.5. The van der Waals surface area contributed by atoms with Crippen LogP contribution in [0.3, 0.4) is 0 Å². The Hall–Kier alpha value is -2.77. The first-order chi connectivity index (χ1) is 17.4. The lowest BCUT2D eigenvalue weighted by atomic mass is 9.93. The van der Waals surface area contributed by atoms with E-state index in [4.69, 9.17) is 5.11 Å². The van der Waals surface area contributed by atoms with Crippen molar-refractivity contribution in [3.63, 3.8) is 0 Å². The lowest BCUT2D eigenvalue weighted by Crippen LogP contribution is -2.70. The van der Waals surface area contributed by atoms with Gasteiger partial charge in [0.15, 0.2) is 12.3 Å². The van der Waals surface area contributed by atoms with Crippen LogP contribution in [0.4, 0.5) is 74.6 Å². The fourth-order valence-corrected chi connectivity index (χ4v) is 1.90. The SMILES string of the molecule is C=C(C)C(=O)OCCC(F)(F)C(F)(F)C(F)(F)C(F)(F)C(F)(F)C(F)(F)F.CC(=CC(F)C(F)C(F)F)C(=O)O. The van der Waals surface area contributed by atoms with E-state index in [9.17, 15) is 84.2 Å². The van der Waals surface area contributed by atoms with E-state index in [1.807, 2.05) is 0 Å². The molecule has 0 fully saturated rings. The van der Waals surface area contributed by atoms with Gasteiger partial charge in [-0.15, -0.1) is 0 Å². The second-order valence-electron chi connectivity index (χ2n) is 7.54. The summed E-state index contributed by atoms with van der Waals surface area (Å²) < 4.78 is 217. The van der Waals surface area contributed by atoms with Crippen LogP contribution < -0.4 is 0 Å². The van der Waals surface area contributed by atoms with Crippen molar-refractivity contribution in [2.24, 2.45) is 0 Å². The van der Waals surface area contributed by atoms with Crippen molar-refractivity contribution in [2.75, 3.05) is 6.61 Å². The number of ether oxygens (including phenoxy) is 1. The minimum absolute atomic E-state index is 0.319. The second-order valence-corrected chi connectivity index (χ2v) is 7.54. The van der Waals surface area contributed by atoms with Crippen molar-refractivity contribution < 1.29 is 94.1 Å². The van der Waals surface area contributed by atoms with Crippen LogP contribution in [0.1, 0.15) is 20.3 Å². The third kappa shape index (κ3) is 8.61. The largest absolute Gasteiger partial charge is 0.478 e. The number of carbonyl (C=O) groups excluding carboxylic acids is 1. The number of aliphatic carboxylic acids is 1. The number of rotatable bonds is 12. The van der Waals surface area contributed by atoms with Crippen LogP contribution in [0.5, 0.6) is 0 Å². The Labute approximate surface area is 212 Å². The van der Waals surface area contributed by atoms with Crippen LogP contribution in [0.25, 0.3) is 0 Å². The summed E-state index contributed by atoms with van der Waals surface area (Å²) in [7, 11) is 0. The molecule has 0 saturated heterocycles. The zero-order valence-electron chi connectivity index (χ0n) is 19.5. The lowest BCUT2D eigenvalue weighted by Gasteiger charge is -2.39. The predicted octanol–water partition coefficient (Wildman–Crippen LogP) is 7.19. The standard InChI is InChI=1S/C12H9F13O2.C7H8F4O2/c1-5(2)6(26)27-4-3-7(13,14)8(15,16)9(17,18)10(19,20)11(21,22)12(23,24)25;1-3(7(12)13)2-4(8)5(9)6(10)11/h1,3-4H2,2H3;2,4-6H,1H3,(H,12,13). The molecule has 0 aromatic carbocycles. The van der Waals surface area contributed by atoms with E-state index in [-0.39, 0.29) is 0 Å². The number of carbonyl (C=O) groups is 2. The maximum absolute atomic E-state index is 13.3. The summed E-state index contributed by atoms with van der Waals surface area (Å²) in [6.45, 7) is 3.08. The number of carboxylic acids is 1. The summed E-state index contributed by atoms with van der Waals surface area (Å²) in [5.41, 5.74) is -0.970. The minimum Gasteiger partial charge on any atom is -0.478 e. The summed E-state index contributed by atoms with van der Waals surface area (Å²) in [5.74, 6) is -40.2. The summed E-state index contributed by atoms with van der Waals surface area (Å²) in [5, 5.41) is 8.21. The lowest BCUT2D eigenvalue weighted by molar-refractivity contribution is -0.440. The minimum atomic E-state index is -7.94. The Morgan fingerprint density at radius 3 is 1.50 bits per heavy atom. The topological polar surface area (TPSA) is 63.6 Å². The molecule has 0 heterocycles. The molecule has 0 aliphatic carbocycles. The molecule has 0 rings (SSSR count). The molecule has 0 amide bonds. The highest BCUT2D eigenvalue weighted by Gasteiger charge is 2.90. The maximum Gasteiger partial charge on any atom is 0.460 e. The molecule has 0 aromatic heterocycles. The molecule has 0 bridgehead atoms. The van der Waals surface area contributed by atoms with Crippen molar-refractivity contribution in [1.82, 2.24) is 0 Å². The van der Waals surface area contributed by atoms with E-state index < -0.39 is 90.7 Å². The monoisotopic (exact) mass is 632 g/mol. The van der Waals surface area contributed by atoms with E-state index >= 15 is 0 Å². The van der Waals surface area contributed by atoms with Crippen molar-refractivity contribution >= 4 is 11.9 Å². The molecule has 0 spiro atoms. The van der Waals surface area contributed by atoms with E-state index in [1.54, 1.807) is 0 Å². The average Bonchev–Trinajstić information content (AvgIpc) is 2.76. The number of allylic oxidation sites excluding steroid dienone is 1. The number of alkyl halides is 17. The molecule has 0 aromatic rings. The van der Waals surface area contributed by atoms with Gasteiger partial charge in [-0.25, -0.2) is 27.2 Å². The van der Waals surface area contributed by atoms with Gasteiger partial charge in [-0.05, 0) is 19.9 Å². The third-order valence-electron chi connectivity index (χ3n) is 4.29. The third-order valence-corrected chi connectivity index (χ3v) is 4.29. The first kappa shape index (κ1) is 39.4. The van der Waals surface area contributed by atoms with Gasteiger partial charge in [-0.1, -0.05) is 6.58 Å². The van der Waals surface area contributed by atoms with Gasteiger partial charge in [0, 0.05) is 11.1 Å². The Kier molecular flexibility index (Phi) is 13.1. The number of esters is 1. The van der Waals surface area contributed by atoms with Crippen LogP contribution in [-0.2, 0) is 14.3 Å². The molecule has 40 heavy (non-hydrogen) atoms. The highest BCUT2D eigenvalue weighted by molar-refractivity contribution is 5.87. The second kappa shape index (κ2) is 13.3. The summed E-state index contributed by atoms with van der Waals surface area (Å²) >= 11 is 0. The number of halogens is 17. The van der Waals surface area contributed by atoms with E-state index in [2.05, 4.69) is 11.3 Å². The molecule has 0 radical (unpaired) electrons. The molecule has 0 aliphatic heterocycles. The average molecular weight is 632 g/mol.